The molecule has 128 valence electrons. The van der Waals surface area contributed by atoms with Crippen LogP contribution in [0, 0.1) is 6.92 Å². The molecule has 6 nitrogen and oxygen atoms in total. The monoisotopic (exact) mass is 337 g/mol. The lowest BCUT2D eigenvalue weighted by molar-refractivity contribution is 0.0283. The Balaban J connectivity index is 1.67. The second-order valence-corrected chi connectivity index (χ2v) is 6.04. The minimum absolute atomic E-state index is 0.0951. The molecule has 0 saturated carbocycles. The smallest absolute Gasteiger partial charge is 0.289 e. The van der Waals surface area contributed by atoms with E-state index in [-0.39, 0.29) is 5.91 Å². The van der Waals surface area contributed by atoms with Crippen molar-refractivity contribution in [2.75, 3.05) is 26.3 Å². The third kappa shape index (κ3) is 3.08. The van der Waals surface area contributed by atoms with Crippen molar-refractivity contribution in [3.63, 3.8) is 0 Å². The van der Waals surface area contributed by atoms with Crippen molar-refractivity contribution < 1.29 is 13.9 Å². The maximum Gasteiger partial charge on any atom is 0.289 e. The first-order valence-corrected chi connectivity index (χ1v) is 8.30. The molecule has 1 aliphatic rings. The Hall–Kier alpha value is -2.86. The molecule has 0 bridgehead atoms. The van der Waals surface area contributed by atoms with Gasteiger partial charge in [-0.05, 0) is 42.8 Å². The van der Waals surface area contributed by atoms with Gasteiger partial charge in [-0.2, -0.15) is 5.10 Å². The lowest BCUT2D eigenvalue weighted by Crippen LogP contribution is -2.40. The number of aryl methyl sites for hydroxylation is 1. The third-order valence-corrected chi connectivity index (χ3v) is 4.28. The Morgan fingerprint density at radius 1 is 1.16 bits per heavy atom. The number of carbonyl (C=O) groups is 1. The van der Waals surface area contributed by atoms with Gasteiger partial charge in [-0.1, -0.05) is 6.07 Å². The van der Waals surface area contributed by atoms with Crippen LogP contribution in [0.3, 0.4) is 0 Å². The second kappa shape index (κ2) is 6.57. The van der Waals surface area contributed by atoms with Gasteiger partial charge >= 0.3 is 0 Å². The average Bonchev–Trinajstić information content (AvgIpc) is 3.34. The molecule has 0 aliphatic carbocycles. The first-order valence-electron chi connectivity index (χ1n) is 8.30. The predicted molar refractivity (Wildman–Crippen MR) is 92.7 cm³/mol. The number of furan rings is 1. The van der Waals surface area contributed by atoms with Gasteiger partial charge < -0.3 is 14.1 Å². The normalized spacial score (nSPS) is 14.7. The van der Waals surface area contributed by atoms with Crippen LogP contribution >= 0.6 is 0 Å². The Morgan fingerprint density at radius 3 is 2.76 bits per heavy atom. The van der Waals surface area contributed by atoms with Crippen LogP contribution in [0.25, 0.3) is 17.0 Å². The summed E-state index contributed by atoms with van der Waals surface area (Å²) in [6.07, 6.45) is 3.63. The van der Waals surface area contributed by atoms with E-state index in [1.165, 1.54) is 0 Å². The van der Waals surface area contributed by atoms with E-state index in [1.807, 2.05) is 43.5 Å². The summed E-state index contributed by atoms with van der Waals surface area (Å²) in [5.41, 5.74) is 2.95. The van der Waals surface area contributed by atoms with E-state index in [4.69, 9.17) is 9.15 Å². The van der Waals surface area contributed by atoms with Gasteiger partial charge in [0.25, 0.3) is 5.91 Å². The van der Waals surface area contributed by atoms with Crippen molar-refractivity contribution in [2.45, 2.75) is 6.92 Å². The largest absolute Gasteiger partial charge is 0.451 e. The first kappa shape index (κ1) is 15.7. The highest BCUT2D eigenvalue weighted by atomic mass is 16.5. The molecule has 2 aromatic heterocycles. The summed E-state index contributed by atoms with van der Waals surface area (Å²) in [7, 11) is 0. The molecule has 0 N–H and O–H groups in total. The quantitative estimate of drug-likeness (QED) is 0.737. The number of morpholine rings is 1. The van der Waals surface area contributed by atoms with Crippen molar-refractivity contribution in [1.82, 2.24) is 14.7 Å². The Labute approximate surface area is 145 Å². The number of carbonyl (C=O) groups excluding carboxylic acids is 1. The number of nitrogens with zero attached hydrogens (tertiary/aromatic N) is 3. The minimum atomic E-state index is -0.0951. The van der Waals surface area contributed by atoms with Gasteiger partial charge in [-0.15, -0.1) is 0 Å². The molecule has 1 saturated heterocycles. The maximum absolute atomic E-state index is 12.6. The molecule has 3 heterocycles. The molecule has 3 aromatic rings. The molecule has 4 rings (SSSR count). The van der Waals surface area contributed by atoms with Crippen molar-refractivity contribution in [2.24, 2.45) is 0 Å². The lowest BCUT2D eigenvalue weighted by Gasteiger charge is -2.25. The molecule has 25 heavy (non-hydrogen) atoms. The van der Waals surface area contributed by atoms with E-state index in [2.05, 4.69) is 5.10 Å². The fourth-order valence-electron chi connectivity index (χ4n) is 2.97. The van der Waals surface area contributed by atoms with Crippen molar-refractivity contribution >= 4 is 5.91 Å². The molecular weight excluding hydrogens is 318 g/mol. The highest BCUT2D eigenvalue weighted by Crippen LogP contribution is 2.29. The van der Waals surface area contributed by atoms with Gasteiger partial charge in [-0.3, -0.25) is 4.79 Å². The third-order valence-electron chi connectivity index (χ3n) is 4.28. The molecule has 1 amide bonds. The van der Waals surface area contributed by atoms with E-state index >= 15 is 0 Å². The molecule has 1 aliphatic heterocycles. The molecule has 1 fully saturated rings. The predicted octanol–water partition coefficient (Wildman–Crippen LogP) is 2.91. The van der Waals surface area contributed by atoms with Gasteiger partial charge in [0.2, 0.25) is 0 Å². The maximum atomic E-state index is 12.6. The Bertz CT molecular complexity index is 877. The number of amides is 1. The van der Waals surface area contributed by atoms with Gasteiger partial charge in [0.15, 0.2) is 5.76 Å². The van der Waals surface area contributed by atoms with E-state index in [9.17, 15) is 4.79 Å². The standard InChI is InChI=1S/C19H19N3O3/c1-14-3-4-15(16(13-14)22-8-2-7-20-22)17-5-6-18(25-17)19(23)21-9-11-24-12-10-21/h2-8,13H,9-12H2,1H3. The van der Waals surface area contributed by atoms with Crippen LogP contribution in [0.1, 0.15) is 16.1 Å². The Morgan fingerprint density at radius 2 is 2.00 bits per heavy atom. The highest BCUT2D eigenvalue weighted by molar-refractivity contribution is 5.92. The first-order chi connectivity index (χ1) is 12.2. The fraction of sp³-hybridized carbons (Fsp3) is 0.263. The van der Waals surface area contributed by atoms with E-state index in [0.717, 1.165) is 16.8 Å². The molecule has 1 aromatic carbocycles. The number of rotatable bonds is 3. The van der Waals surface area contributed by atoms with Gasteiger partial charge in [-0.25, -0.2) is 4.68 Å². The lowest BCUT2D eigenvalue weighted by atomic mass is 10.1. The van der Waals surface area contributed by atoms with Gasteiger partial charge in [0, 0.05) is 31.0 Å². The second-order valence-electron chi connectivity index (χ2n) is 6.04. The summed E-state index contributed by atoms with van der Waals surface area (Å²) in [6.45, 7) is 4.36. The number of hydrogen-bond acceptors (Lipinski definition) is 4. The summed E-state index contributed by atoms with van der Waals surface area (Å²) in [6, 6.07) is 11.5. The number of benzene rings is 1. The molecule has 0 unspecified atom stereocenters. The summed E-state index contributed by atoms with van der Waals surface area (Å²) in [4.78, 5) is 14.3. The summed E-state index contributed by atoms with van der Waals surface area (Å²) < 4.78 is 13.0. The van der Waals surface area contributed by atoms with Crippen LogP contribution in [0.5, 0.6) is 0 Å². The van der Waals surface area contributed by atoms with Crippen molar-refractivity contribution in [3.8, 4) is 17.0 Å². The van der Waals surface area contributed by atoms with Crippen LogP contribution in [-0.4, -0.2) is 46.9 Å². The topological polar surface area (TPSA) is 60.5 Å². The highest BCUT2D eigenvalue weighted by Gasteiger charge is 2.22. The van der Waals surface area contributed by atoms with Gasteiger partial charge in [0.1, 0.15) is 5.76 Å². The molecule has 0 spiro atoms. The van der Waals surface area contributed by atoms with E-state index in [1.54, 1.807) is 21.8 Å². The molecular formula is C19H19N3O3. The van der Waals surface area contributed by atoms with Crippen LogP contribution in [0.15, 0.2) is 53.2 Å². The minimum Gasteiger partial charge on any atom is -0.451 e. The average molecular weight is 337 g/mol. The zero-order valence-corrected chi connectivity index (χ0v) is 14.0. The molecule has 0 atom stereocenters. The van der Waals surface area contributed by atoms with E-state index < -0.39 is 0 Å². The van der Waals surface area contributed by atoms with Crippen LogP contribution in [0.2, 0.25) is 0 Å². The van der Waals surface area contributed by atoms with Crippen molar-refractivity contribution in [3.05, 3.63) is 60.1 Å². The molecule has 6 heteroatoms. The van der Waals surface area contributed by atoms with Crippen LogP contribution < -0.4 is 0 Å². The SMILES string of the molecule is Cc1ccc(-c2ccc(C(=O)N3CCOCC3)o2)c(-n2cccn2)c1. The van der Waals surface area contributed by atoms with E-state index in [0.29, 0.717) is 37.8 Å². The van der Waals surface area contributed by atoms with Crippen molar-refractivity contribution in [1.29, 1.82) is 0 Å². The zero-order valence-electron chi connectivity index (χ0n) is 14.0. The number of aromatic nitrogens is 2. The Kier molecular flexibility index (Phi) is 4.11. The summed E-state index contributed by atoms with van der Waals surface area (Å²) in [5, 5.41) is 4.32. The summed E-state index contributed by atoms with van der Waals surface area (Å²) in [5.74, 6) is 0.910. The number of ether oxygens (including phenoxy) is 1. The van der Waals surface area contributed by atoms with Gasteiger partial charge in [0.05, 0.1) is 18.9 Å². The summed E-state index contributed by atoms with van der Waals surface area (Å²) >= 11 is 0. The number of hydrogen-bond donors (Lipinski definition) is 0. The fourth-order valence-corrected chi connectivity index (χ4v) is 2.97. The van der Waals surface area contributed by atoms with Crippen LogP contribution in [-0.2, 0) is 4.74 Å². The molecule has 0 radical (unpaired) electrons. The van der Waals surface area contributed by atoms with Crippen LogP contribution in [0.4, 0.5) is 0 Å². The zero-order chi connectivity index (χ0) is 17.2.